The molecule has 3 aromatic carbocycles. The molecule has 0 atom stereocenters. The summed E-state index contributed by atoms with van der Waals surface area (Å²) in [5, 5.41) is 3.20. The number of anilines is 1. The Labute approximate surface area is 201 Å². The number of nitrogens with zero attached hydrogens (tertiary/aromatic N) is 3. The van der Waals surface area contributed by atoms with Gasteiger partial charge >= 0.3 is 0 Å². The second-order valence-corrected chi connectivity index (χ2v) is 10.4. The quantitative estimate of drug-likeness (QED) is 0.315. The van der Waals surface area contributed by atoms with E-state index in [4.69, 9.17) is 4.98 Å². The van der Waals surface area contributed by atoms with Crippen LogP contribution in [0.1, 0.15) is 12.5 Å². The van der Waals surface area contributed by atoms with Crippen molar-refractivity contribution in [1.29, 1.82) is 0 Å². The highest BCUT2D eigenvalue weighted by Crippen LogP contribution is 2.35. The van der Waals surface area contributed by atoms with E-state index >= 15 is 0 Å². The lowest BCUT2D eigenvalue weighted by atomic mass is 10.1. The molecule has 2 heterocycles. The predicted molar refractivity (Wildman–Crippen MR) is 135 cm³/mol. The van der Waals surface area contributed by atoms with E-state index in [1.807, 2.05) is 53.9 Å². The summed E-state index contributed by atoms with van der Waals surface area (Å²) in [7, 11) is -3.79. The Bertz CT molecular complexity index is 1570. The highest BCUT2D eigenvalue weighted by atomic mass is 32.2. The molecule has 5 rings (SSSR count). The molecule has 0 aliphatic rings. The van der Waals surface area contributed by atoms with Crippen LogP contribution in [0.15, 0.2) is 101 Å². The molecule has 0 spiro atoms. The van der Waals surface area contributed by atoms with E-state index in [-0.39, 0.29) is 10.8 Å². The Morgan fingerprint density at radius 2 is 1.59 bits per heavy atom. The molecular weight excluding hydrogens is 466 g/mol. The van der Waals surface area contributed by atoms with Crippen molar-refractivity contribution in [3.63, 3.8) is 0 Å². The SMILES string of the molecule is CC(=O)N(Cc1ccccc1)c1nc(-c2cn(S(=O)(=O)c3ccccc3)c3ccccc23)cs1. The van der Waals surface area contributed by atoms with Crippen molar-refractivity contribution in [1.82, 2.24) is 8.96 Å². The van der Waals surface area contributed by atoms with Crippen LogP contribution in [0.4, 0.5) is 5.13 Å². The molecule has 0 fully saturated rings. The second-order valence-electron chi connectivity index (χ2n) is 7.78. The average Bonchev–Trinajstić information content (AvgIpc) is 3.49. The molecule has 0 aliphatic heterocycles. The summed E-state index contributed by atoms with van der Waals surface area (Å²) in [4.78, 5) is 19.0. The molecule has 8 heteroatoms. The number of hydrogen-bond donors (Lipinski definition) is 0. The van der Waals surface area contributed by atoms with Crippen LogP contribution in [0.25, 0.3) is 22.2 Å². The number of para-hydroxylation sites is 1. The number of thiazole rings is 1. The number of carbonyl (C=O) groups excluding carboxylic acids is 1. The van der Waals surface area contributed by atoms with Crippen molar-refractivity contribution in [3.05, 3.63) is 102 Å². The minimum Gasteiger partial charge on any atom is -0.284 e. The Morgan fingerprint density at radius 1 is 0.941 bits per heavy atom. The fourth-order valence-corrected chi connectivity index (χ4v) is 6.11. The predicted octanol–water partition coefficient (Wildman–Crippen LogP) is 5.55. The molecule has 1 amide bonds. The Hall–Kier alpha value is -3.75. The van der Waals surface area contributed by atoms with Gasteiger partial charge in [0.25, 0.3) is 10.0 Å². The molecule has 34 heavy (non-hydrogen) atoms. The standard InChI is InChI=1S/C26H21N3O3S2/c1-19(30)28(16-20-10-4-2-5-11-20)26-27-24(18-33-26)23-17-29(25-15-9-8-14-22(23)25)34(31,32)21-12-6-3-7-13-21/h2-15,17-18H,16H2,1H3. The minimum atomic E-state index is -3.79. The second kappa shape index (κ2) is 8.89. The number of carbonyl (C=O) groups is 1. The monoisotopic (exact) mass is 487 g/mol. The van der Waals surface area contributed by atoms with E-state index in [0.717, 1.165) is 10.9 Å². The summed E-state index contributed by atoms with van der Waals surface area (Å²) >= 11 is 1.36. The first-order valence-corrected chi connectivity index (χ1v) is 13.0. The molecule has 5 aromatic rings. The number of rotatable bonds is 6. The van der Waals surface area contributed by atoms with Crippen LogP contribution < -0.4 is 4.90 Å². The van der Waals surface area contributed by atoms with Gasteiger partial charge in [0.1, 0.15) is 0 Å². The maximum absolute atomic E-state index is 13.4. The minimum absolute atomic E-state index is 0.112. The van der Waals surface area contributed by atoms with Crippen LogP contribution in [0.3, 0.4) is 0 Å². The van der Waals surface area contributed by atoms with Gasteiger partial charge in [0.15, 0.2) is 5.13 Å². The Balaban J connectivity index is 1.58. The van der Waals surface area contributed by atoms with E-state index in [9.17, 15) is 13.2 Å². The van der Waals surface area contributed by atoms with Crippen LogP contribution in [-0.2, 0) is 21.4 Å². The van der Waals surface area contributed by atoms with Crippen molar-refractivity contribution < 1.29 is 13.2 Å². The summed E-state index contributed by atoms with van der Waals surface area (Å²) in [6.07, 6.45) is 1.61. The van der Waals surface area contributed by atoms with Crippen molar-refractivity contribution in [3.8, 4) is 11.3 Å². The van der Waals surface area contributed by atoms with Crippen LogP contribution in [-0.4, -0.2) is 23.3 Å². The normalized spacial score (nSPS) is 11.6. The van der Waals surface area contributed by atoms with Gasteiger partial charge < -0.3 is 0 Å². The first-order valence-electron chi connectivity index (χ1n) is 10.6. The van der Waals surface area contributed by atoms with E-state index in [2.05, 4.69) is 0 Å². The van der Waals surface area contributed by atoms with Crippen molar-refractivity contribution in [2.45, 2.75) is 18.4 Å². The van der Waals surface area contributed by atoms with Crippen molar-refractivity contribution >= 4 is 43.3 Å². The lowest BCUT2D eigenvalue weighted by Crippen LogP contribution is -2.27. The van der Waals surface area contributed by atoms with Gasteiger partial charge in [-0.05, 0) is 23.8 Å². The molecule has 0 bridgehead atoms. The third kappa shape index (κ3) is 4.02. The van der Waals surface area contributed by atoms with Gasteiger partial charge in [0, 0.05) is 29.5 Å². The highest BCUT2D eigenvalue weighted by molar-refractivity contribution is 7.90. The molecule has 0 aliphatic carbocycles. The first-order chi connectivity index (χ1) is 16.4. The van der Waals surface area contributed by atoms with E-state index in [1.54, 1.807) is 47.5 Å². The lowest BCUT2D eigenvalue weighted by Gasteiger charge is -2.17. The number of fused-ring (bicyclic) bond motifs is 1. The fraction of sp³-hybridized carbons (Fsp3) is 0.0769. The van der Waals surface area contributed by atoms with Gasteiger partial charge in [-0.2, -0.15) is 0 Å². The van der Waals surface area contributed by atoms with Gasteiger partial charge in [-0.3, -0.25) is 9.69 Å². The molecule has 6 nitrogen and oxygen atoms in total. The first kappa shape index (κ1) is 22.1. The molecule has 0 saturated heterocycles. The summed E-state index contributed by atoms with van der Waals surface area (Å²) in [5.41, 5.74) is 2.89. The molecule has 0 N–H and O–H groups in total. The topological polar surface area (TPSA) is 72.3 Å². The third-order valence-corrected chi connectivity index (χ3v) is 8.09. The van der Waals surface area contributed by atoms with Crippen molar-refractivity contribution in [2.24, 2.45) is 0 Å². The zero-order chi connectivity index (χ0) is 23.7. The molecule has 0 saturated carbocycles. The highest BCUT2D eigenvalue weighted by Gasteiger charge is 2.23. The third-order valence-electron chi connectivity index (χ3n) is 5.54. The maximum Gasteiger partial charge on any atom is 0.268 e. The zero-order valence-electron chi connectivity index (χ0n) is 18.3. The number of benzene rings is 3. The molecule has 170 valence electrons. The molecular formula is C26H21N3O3S2. The van der Waals surface area contributed by atoms with E-state index in [1.165, 1.54) is 22.2 Å². The Kier molecular flexibility index (Phi) is 5.77. The fourth-order valence-electron chi connectivity index (χ4n) is 3.85. The van der Waals surface area contributed by atoms with Crippen molar-refractivity contribution in [2.75, 3.05) is 4.90 Å². The van der Waals surface area contributed by atoms with Gasteiger partial charge in [0.2, 0.25) is 5.91 Å². The van der Waals surface area contributed by atoms with Gasteiger partial charge in [-0.25, -0.2) is 17.4 Å². The number of hydrogen-bond acceptors (Lipinski definition) is 5. The van der Waals surface area contributed by atoms with E-state index in [0.29, 0.717) is 28.5 Å². The van der Waals surface area contributed by atoms with Gasteiger partial charge in [-0.15, -0.1) is 11.3 Å². The summed E-state index contributed by atoms with van der Waals surface area (Å²) in [5.74, 6) is -0.112. The van der Waals surface area contributed by atoms with E-state index < -0.39 is 10.0 Å². The zero-order valence-corrected chi connectivity index (χ0v) is 20.0. The van der Waals surface area contributed by atoms with Gasteiger partial charge in [0.05, 0.1) is 22.7 Å². The average molecular weight is 488 g/mol. The van der Waals surface area contributed by atoms with Crippen LogP contribution in [0, 0.1) is 0 Å². The lowest BCUT2D eigenvalue weighted by molar-refractivity contribution is -0.116. The van der Waals surface area contributed by atoms with Crippen LogP contribution in [0.5, 0.6) is 0 Å². The van der Waals surface area contributed by atoms with Crippen LogP contribution >= 0.6 is 11.3 Å². The smallest absolute Gasteiger partial charge is 0.268 e. The molecule has 2 aromatic heterocycles. The summed E-state index contributed by atoms with van der Waals surface area (Å²) in [6, 6.07) is 25.4. The molecule has 0 unspecified atom stereocenters. The summed E-state index contributed by atoms with van der Waals surface area (Å²) in [6.45, 7) is 1.93. The van der Waals surface area contributed by atoms with Crippen LogP contribution in [0.2, 0.25) is 0 Å². The number of amides is 1. The summed E-state index contributed by atoms with van der Waals surface area (Å²) < 4.78 is 28.1. The largest absolute Gasteiger partial charge is 0.284 e. The maximum atomic E-state index is 13.4. The van der Waals surface area contributed by atoms with Gasteiger partial charge in [-0.1, -0.05) is 66.7 Å². The number of aromatic nitrogens is 2. The molecule has 0 radical (unpaired) electrons. The Morgan fingerprint density at radius 3 is 2.29 bits per heavy atom.